The number of aliphatic hydroxyl groups is 1. The van der Waals surface area contributed by atoms with Gasteiger partial charge in [0.1, 0.15) is 0 Å². The molecule has 3 heteroatoms. The molecule has 1 unspecified atom stereocenters. The van der Waals surface area contributed by atoms with Gasteiger partial charge in [0, 0.05) is 24.8 Å². The summed E-state index contributed by atoms with van der Waals surface area (Å²) in [4.78, 5) is 0. The molecule has 3 nitrogen and oxygen atoms in total. The molecule has 2 rings (SSSR count). The van der Waals surface area contributed by atoms with E-state index in [2.05, 4.69) is 36.5 Å². The van der Waals surface area contributed by atoms with Crippen LogP contribution in [0.1, 0.15) is 44.6 Å². The second kappa shape index (κ2) is 8.52. The minimum atomic E-state index is -0.130. The number of ether oxygens (including phenoxy) is 1. The molecule has 0 radical (unpaired) electrons. The highest BCUT2D eigenvalue weighted by molar-refractivity contribution is 5.14. The van der Waals surface area contributed by atoms with Gasteiger partial charge >= 0.3 is 0 Å². The summed E-state index contributed by atoms with van der Waals surface area (Å²) in [5.41, 5.74) is 1.25. The predicted molar refractivity (Wildman–Crippen MR) is 86.5 cm³/mol. The Kier molecular flexibility index (Phi) is 6.68. The third kappa shape index (κ3) is 6.60. The van der Waals surface area contributed by atoms with E-state index in [1.54, 1.807) is 0 Å². The summed E-state index contributed by atoms with van der Waals surface area (Å²) in [7, 11) is 0. The quantitative estimate of drug-likeness (QED) is 0.616. The van der Waals surface area contributed by atoms with E-state index >= 15 is 0 Å². The number of rotatable bonds is 11. The molecular formula is C18H29NO2. The Bertz CT molecular complexity index is 391. The minimum absolute atomic E-state index is 0.130. The van der Waals surface area contributed by atoms with Crippen LogP contribution in [0.4, 0.5) is 0 Å². The molecule has 0 spiro atoms. The van der Waals surface area contributed by atoms with Gasteiger partial charge < -0.3 is 15.2 Å². The molecule has 1 fully saturated rings. The van der Waals surface area contributed by atoms with E-state index in [0.29, 0.717) is 6.04 Å². The molecule has 21 heavy (non-hydrogen) atoms. The van der Waals surface area contributed by atoms with Crippen LogP contribution < -0.4 is 5.32 Å². The Morgan fingerprint density at radius 2 is 1.90 bits per heavy atom. The smallest absolute Gasteiger partial charge is 0.0610 e. The van der Waals surface area contributed by atoms with E-state index in [-0.39, 0.29) is 12.1 Å². The van der Waals surface area contributed by atoms with Crippen molar-refractivity contribution in [1.82, 2.24) is 5.32 Å². The maximum Gasteiger partial charge on any atom is 0.0610 e. The number of nitrogens with one attached hydrogen (secondary N) is 1. The number of benzene rings is 1. The molecule has 0 heterocycles. The molecule has 0 saturated heterocycles. The van der Waals surface area contributed by atoms with Crippen molar-refractivity contribution in [3.8, 4) is 0 Å². The summed E-state index contributed by atoms with van der Waals surface area (Å²) < 4.78 is 5.71. The third-order valence-electron chi connectivity index (χ3n) is 4.09. The maximum atomic E-state index is 9.53. The zero-order valence-electron chi connectivity index (χ0n) is 13.2. The first-order valence-corrected chi connectivity index (χ1v) is 8.22. The SMILES string of the molecule is CC(CO)(CCCOCCCc1ccccc1)NC1CC1. The van der Waals surface area contributed by atoms with E-state index in [1.165, 1.54) is 18.4 Å². The third-order valence-corrected chi connectivity index (χ3v) is 4.09. The predicted octanol–water partition coefficient (Wildman–Crippen LogP) is 2.92. The molecule has 1 aromatic carbocycles. The summed E-state index contributed by atoms with van der Waals surface area (Å²) in [6, 6.07) is 11.2. The monoisotopic (exact) mass is 291 g/mol. The Hall–Kier alpha value is -0.900. The van der Waals surface area contributed by atoms with Crippen molar-refractivity contribution in [2.75, 3.05) is 19.8 Å². The van der Waals surface area contributed by atoms with Gasteiger partial charge in [-0.05, 0) is 51.0 Å². The molecular weight excluding hydrogens is 262 g/mol. The van der Waals surface area contributed by atoms with E-state index in [9.17, 15) is 5.11 Å². The molecule has 1 aromatic rings. The molecule has 1 saturated carbocycles. The van der Waals surface area contributed by atoms with Crippen molar-refractivity contribution in [2.45, 2.75) is 57.0 Å². The Morgan fingerprint density at radius 3 is 2.57 bits per heavy atom. The average Bonchev–Trinajstić information content (AvgIpc) is 3.31. The van der Waals surface area contributed by atoms with Gasteiger partial charge in [-0.3, -0.25) is 0 Å². The van der Waals surface area contributed by atoms with Gasteiger partial charge in [-0.1, -0.05) is 30.3 Å². The highest BCUT2D eigenvalue weighted by atomic mass is 16.5. The highest BCUT2D eigenvalue weighted by Crippen LogP contribution is 2.24. The molecule has 1 aliphatic rings. The van der Waals surface area contributed by atoms with E-state index < -0.39 is 0 Å². The van der Waals surface area contributed by atoms with Crippen molar-refractivity contribution in [2.24, 2.45) is 0 Å². The zero-order chi connectivity index (χ0) is 15.0. The molecule has 2 N–H and O–H groups in total. The summed E-state index contributed by atoms with van der Waals surface area (Å²) in [6.45, 7) is 3.93. The first kappa shape index (κ1) is 16.5. The van der Waals surface area contributed by atoms with Gasteiger partial charge in [0.15, 0.2) is 0 Å². The van der Waals surface area contributed by atoms with Crippen LogP contribution in [0.5, 0.6) is 0 Å². The van der Waals surface area contributed by atoms with Crippen molar-refractivity contribution in [3.63, 3.8) is 0 Å². The maximum absolute atomic E-state index is 9.53. The lowest BCUT2D eigenvalue weighted by molar-refractivity contribution is 0.108. The van der Waals surface area contributed by atoms with Crippen LogP contribution >= 0.6 is 0 Å². The highest BCUT2D eigenvalue weighted by Gasteiger charge is 2.31. The van der Waals surface area contributed by atoms with Crippen LogP contribution in [0, 0.1) is 0 Å². The lowest BCUT2D eigenvalue weighted by Gasteiger charge is -2.29. The molecule has 0 aliphatic heterocycles. The van der Waals surface area contributed by atoms with Crippen molar-refractivity contribution < 1.29 is 9.84 Å². The standard InChI is InChI=1S/C18H29NO2/c1-18(15-20,19-17-10-11-17)12-6-14-21-13-5-9-16-7-3-2-4-8-16/h2-4,7-8,17,19-20H,5-6,9-15H2,1H3. The topological polar surface area (TPSA) is 41.5 Å². The van der Waals surface area contributed by atoms with E-state index in [1.807, 2.05) is 6.07 Å². The molecule has 0 aromatic heterocycles. The normalized spacial score (nSPS) is 17.6. The van der Waals surface area contributed by atoms with Gasteiger partial charge in [0.25, 0.3) is 0 Å². The van der Waals surface area contributed by atoms with Gasteiger partial charge in [0.2, 0.25) is 0 Å². The fraction of sp³-hybridized carbons (Fsp3) is 0.667. The summed E-state index contributed by atoms with van der Waals surface area (Å²) in [5, 5.41) is 13.1. The van der Waals surface area contributed by atoms with Crippen molar-refractivity contribution in [3.05, 3.63) is 35.9 Å². The van der Waals surface area contributed by atoms with E-state index in [0.717, 1.165) is 38.9 Å². The number of hydrogen-bond acceptors (Lipinski definition) is 3. The first-order valence-electron chi connectivity index (χ1n) is 8.22. The average molecular weight is 291 g/mol. The largest absolute Gasteiger partial charge is 0.394 e. The zero-order valence-corrected chi connectivity index (χ0v) is 13.2. The van der Waals surface area contributed by atoms with Crippen LogP contribution in [-0.4, -0.2) is 36.5 Å². The van der Waals surface area contributed by atoms with Crippen molar-refractivity contribution >= 4 is 0 Å². The van der Waals surface area contributed by atoms with Gasteiger partial charge in [-0.15, -0.1) is 0 Å². The molecule has 0 amide bonds. The molecule has 1 atom stereocenters. The number of hydrogen-bond donors (Lipinski definition) is 2. The van der Waals surface area contributed by atoms with Gasteiger partial charge in [-0.2, -0.15) is 0 Å². The number of aliphatic hydroxyl groups excluding tert-OH is 1. The summed E-state index contributed by atoms with van der Waals surface area (Å²) >= 11 is 0. The van der Waals surface area contributed by atoms with Crippen molar-refractivity contribution in [1.29, 1.82) is 0 Å². The fourth-order valence-corrected chi connectivity index (χ4v) is 2.61. The Labute approximate surface area is 128 Å². The van der Waals surface area contributed by atoms with Crippen LogP contribution in [0.2, 0.25) is 0 Å². The second-order valence-corrected chi connectivity index (χ2v) is 6.44. The Morgan fingerprint density at radius 1 is 1.19 bits per heavy atom. The van der Waals surface area contributed by atoms with Crippen LogP contribution in [0.25, 0.3) is 0 Å². The van der Waals surface area contributed by atoms with E-state index in [4.69, 9.17) is 4.74 Å². The molecule has 0 bridgehead atoms. The summed E-state index contributed by atoms with van der Waals surface area (Å²) in [5.74, 6) is 0. The summed E-state index contributed by atoms with van der Waals surface area (Å²) in [6.07, 6.45) is 6.64. The first-order chi connectivity index (χ1) is 10.2. The van der Waals surface area contributed by atoms with Crippen LogP contribution in [0.15, 0.2) is 30.3 Å². The lowest BCUT2D eigenvalue weighted by atomic mass is 9.97. The number of aryl methyl sites for hydroxylation is 1. The minimum Gasteiger partial charge on any atom is -0.394 e. The molecule has 118 valence electrons. The lowest BCUT2D eigenvalue weighted by Crippen LogP contribution is -2.47. The Balaban J connectivity index is 1.49. The fourth-order valence-electron chi connectivity index (χ4n) is 2.61. The molecule has 1 aliphatic carbocycles. The van der Waals surface area contributed by atoms with Gasteiger partial charge in [0.05, 0.1) is 6.61 Å². The van der Waals surface area contributed by atoms with Gasteiger partial charge in [-0.25, -0.2) is 0 Å². The second-order valence-electron chi connectivity index (χ2n) is 6.44. The van der Waals surface area contributed by atoms with Crippen LogP contribution in [0.3, 0.4) is 0 Å². The van der Waals surface area contributed by atoms with Crippen LogP contribution in [-0.2, 0) is 11.2 Å².